The Labute approximate surface area is 189 Å². The van der Waals surface area contributed by atoms with Crippen molar-refractivity contribution in [1.29, 1.82) is 0 Å². The number of rotatable bonds is 20. The summed E-state index contributed by atoms with van der Waals surface area (Å²) in [5.41, 5.74) is 0. The fraction of sp³-hybridized carbons (Fsp3) is 0.850. The van der Waals surface area contributed by atoms with Gasteiger partial charge in [-0.3, -0.25) is 18.6 Å². The summed E-state index contributed by atoms with van der Waals surface area (Å²) in [7, 11) is -4.70. The molecule has 11 nitrogen and oxygen atoms in total. The lowest BCUT2D eigenvalue weighted by Crippen LogP contribution is -2.43. The van der Waals surface area contributed by atoms with E-state index in [1.54, 1.807) is 6.92 Å². The number of phosphoric acid groups is 1. The summed E-state index contributed by atoms with van der Waals surface area (Å²) in [5.74, 6) is -2.44. The van der Waals surface area contributed by atoms with Crippen LogP contribution in [0.1, 0.15) is 78.1 Å². The molecule has 0 radical (unpaired) electrons. The summed E-state index contributed by atoms with van der Waals surface area (Å²) >= 11 is 0. The number of hydrogen-bond acceptors (Lipinski definition) is 8. The molecule has 0 aromatic rings. The number of aliphatic carboxylic acids is 1. The van der Waals surface area contributed by atoms with Crippen LogP contribution in [0.3, 0.4) is 0 Å². The topological polar surface area (TPSA) is 169 Å². The number of carboxylic acids is 1. The zero-order valence-corrected chi connectivity index (χ0v) is 19.9. The lowest BCUT2D eigenvalue weighted by Gasteiger charge is -2.18. The normalized spacial score (nSPS) is 14.9. The number of carbonyl (C=O) groups is 3. The predicted octanol–water partition coefficient (Wildman–Crippen LogP) is 2.53. The summed E-state index contributed by atoms with van der Waals surface area (Å²) in [4.78, 5) is 44.1. The second-order valence-corrected chi connectivity index (χ2v) is 8.93. The van der Waals surface area contributed by atoms with Crippen LogP contribution in [0.5, 0.6) is 0 Å². The molecule has 12 heteroatoms. The van der Waals surface area contributed by atoms with Crippen LogP contribution in [0, 0.1) is 0 Å². The largest absolute Gasteiger partial charge is 0.480 e. The second kappa shape index (κ2) is 18.0. The first-order valence-electron chi connectivity index (χ1n) is 11.1. The van der Waals surface area contributed by atoms with Crippen molar-refractivity contribution < 1.29 is 47.8 Å². The highest BCUT2D eigenvalue weighted by Crippen LogP contribution is 2.43. The molecule has 4 N–H and O–H groups in total. The minimum atomic E-state index is -4.70. The Morgan fingerprint density at radius 1 is 0.875 bits per heavy atom. The van der Waals surface area contributed by atoms with Crippen LogP contribution in [-0.4, -0.2) is 64.9 Å². The molecule has 3 atom stereocenters. The van der Waals surface area contributed by atoms with Gasteiger partial charge in [0, 0.05) is 12.8 Å². The summed E-state index contributed by atoms with van der Waals surface area (Å²) in [5, 5.41) is 21.1. The van der Waals surface area contributed by atoms with Crippen LogP contribution in [0.4, 0.5) is 0 Å². The number of phosphoric ester groups is 1. The molecular weight excluding hydrogens is 445 g/mol. The van der Waals surface area contributed by atoms with Gasteiger partial charge in [0.15, 0.2) is 6.04 Å². The number of carboxylic acid groups (broad SMARTS) is 1. The van der Waals surface area contributed by atoms with Crippen molar-refractivity contribution in [2.24, 2.45) is 0 Å². The summed E-state index contributed by atoms with van der Waals surface area (Å²) < 4.78 is 25.8. The van der Waals surface area contributed by atoms with Gasteiger partial charge < -0.3 is 25.2 Å². The first kappa shape index (κ1) is 30.5. The highest BCUT2D eigenvalue weighted by molar-refractivity contribution is 7.47. The zero-order chi connectivity index (χ0) is 24.4. The monoisotopic (exact) mass is 483 g/mol. The third kappa shape index (κ3) is 17.1. The Bertz CT molecular complexity index is 601. The molecule has 0 aromatic carbocycles. The van der Waals surface area contributed by atoms with Crippen molar-refractivity contribution in [2.45, 2.75) is 90.2 Å². The lowest BCUT2D eigenvalue weighted by molar-refractivity contribution is -0.147. The van der Waals surface area contributed by atoms with E-state index in [0.29, 0.717) is 12.8 Å². The molecule has 1 amide bonds. The van der Waals surface area contributed by atoms with E-state index in [1.165, 1.54) is 6.42 Å². The molecule has 0 aliphatic carbocycles. The molecule has 0 aromatic heterocycles. The van der Waals surface area contributed by atoms with Crippen molar-refractivity contribution in [2.75, 3.05) is 19.8 Å². The summed E-state index contributed by atoms with van der Waals surface area (Å²) in [6, 6.07) is -1.53. The predicted molar refractivity (Wildman–Crippen MR) is 116 cm³/mol. The van der Waals surface area contributed by atoms with Crippen molar-refractivity contribution in [3.63, 3.8) is 0 Å². The molecule has 0 fully saturated rings. The van der Waals surface area contributed by atoms with Crippen molar-refractivity contribution >= 4 is 25.7 Å². The smallest absolute Gasteiger partial charge is 0.472 e. The first-order chi connectivity index (χ1) is 15.1. The molecule has 188 valence electrons. The summed E-state index contributed by atoms with van der Waals surface area (Å²) in [6.45, 7) is 2.02. The highest BCUT2D eigenvalue weighted by Gasteiger charge is 2.28. The third-order valence-electron chi connectivity index (χ3n) is 4.37. The Morgan fingerprint density at radius 3 is 2.06 bits per heavy atom. The molecule has 0 heterocycles. The molecule has 0 spiro atoms. The number of esters is 1. The minimum Gasteiger partial charge on any atom is -0.480 e. The van der Waals surface area contributed by atoms with Crippen LogP contribution in [0.25, 0.3) is 0 Å². The number of unbranched alkanes of at least 4 members (excludes halogenated alkanes) is 6. The number of hydrogen-bond donors (Lipinski definition) is 4. The van der Waals surface area contributed by atoms with Crippen LogP contribution < -0.4 is 5.32 Å². The van der Waals surface area contributed by atoms with Crippen molar-refractivity contribution in [3.8, 4) is 0 Å². The van der Waals surface area contributed by atoms with Gasteiger partial charge in [-0.25, -0.2) is 9.36 Å². The van der Waals surface area contributed by atoms with E-state index in [-0.39, 0.29) is 12.8 Å². The molecule has 0 saturated heterocycles. The van der Waals surface area contributed by atoms with Gasteiger partial charge in [-0.05, 0) is 12.8 Å². The maximum absolute atomic E-state index is 11.9. The van der Waals surface area contributed by atoms with Gasteiger partial charge in [-0.2, -0.15) is 0 Å². The Kier molecular flexibility index (Phi) is 17.1. The van der Waals surface area contributed by atoms with Crippen molar-refractivity contribution in [3.05, 3.63) is 0 Å². The maximum Gasteiger partial charge on any atom is 0.472 e. The molecule has 0 bridgehead atoms. The van der Waals surface area contributed by atoms with Gasteiger partial charge in [-0.15, -0.1) is 0 Å². The second-order valence-electron chi connectivity index (χ2n) is 7.48. The quantitative estimate of drug-likeness (QED) is 0.115. The van der Waals surface area contributed by atoms with E-state index in [0.717, 1.165) is 32.1 Å². The third-order valence-corrected chi connectivity index (χ3v) is 5.32. The van der Waals surface area contributed by atoms with Crippen LogP contribution in [-0.2, 0) is 32.7 Å². The van der Waals surface area contributed by atoms with Gasteiger partial charge in [0.05, 0.1) is 13.2 Å². The fourth-order valence-electron chi connectivity index (χ4n) is 2.58. The number of ether oxygens (including phenoxy) is 1. The van der Waals surface area contributed by atoms with Crippen LogP contribution >= 0.6 is 7.82 Å². The number of amides is 1. The van der Waals surface area contributed by atoms with Crippen LogP contribution in [0.15, 0.2) is 0 Å². The molecule has 0 aliphatic heterocycles. The standard InChI is InChI=1S/C20H38NO10P/c1-3-5-6-7-8-9-10-12-18(23)21-17(20(25)26)15-31-32(27,28)30-14-16(22)13-29-19(24)11-4-2/h16-17,22H,3-15H2,1-2H3,(H,21,23)(H,25,26)(H,27,28). The molecule has 32 heavy (non-hydrogen) atoms. The Balaban J connectivity index is 4.24. The van der Waals surface area contributed by atoms with E-state index < -0.39 is 57.6 Å². The van der Waals surface area contributed by atoms with Gasteiger partial charge in [0.1, 0.15) is 12.7 Å². The van der Waals surface area contributed by atoms with Gasteiger partial charge in [-0.1, -0.05) is 52.4 Å². The van der Waals surface area contributed by atoms with Crippen LogP contribution in [0.2, 0.25) is 0 Å². The van der Waals surface area contributed by atoms with E-state index in [1.807, 2.05) is 0 Å². The van der Waals surface area contributed by atoms with Crippen molar-refractivity contribution in [1.82, 2.24) is 5.32 Å². The first-order valence-corrected chi connectivity index (χ1v) is 12.6. The number of aliphatic hydroxyl groups is 1. The molecule has 0 aliphatic rings. The zero-order valence-electron chi connectivity index (χ0n) is 19.0. The van der Waals surface area contributed by atoms with E-state index in [4.69, 9.17) is 4.74 Å². The van der Waals surface area contributed by atoms with Gasteiger partial charge in [0.25, 0.3) is 0 Å². The number of aliphatic hydroxyl groups excluding tert-OH is 1. The Morgan fingerprint density at radius 2 is 1.47 bits per heavy atom. The number of nitrogens with one attached hydrogen (secondary N) is 1. The lowest BCUT2D eigenvalue weighted by atomic mass is 10.1. The molecule has 0 rings (SSSR count). The number of carbonyl (C=O) groups excluding carboxylic acids is 2. The van der Waals surface area contributed by atoms with Gasteiger partial charge >= 0.3 is 19.8 Å². The highest BCUT2D eigenvalue weighted by atomic mass is 31.2. The SMILES string of the molecule is CCCCCCCCCC(=O)NC(COP(=O)(O)OCC(O)COC(=O)CCC)C(=O)O. The maximum atomic E-state index is 11.9. The minimum absolute atomic E-state index is 0.147. The average molecular weight is 483 g/mol. The van der Waals surface area contributed by atoms with E-state index >= 15 is 0 Å². The fourth-order valence-corrected chi connectivity index (χ4v) is 3.36. The van der Waals surface area contributed by atoms with Gasteiger partial charge in [0.2, 0.25) is 5.91 Å². The summed E-state index contributed by atoms with van der Waals surface area (Å²) in [6.07, 6.45) is 6.62. The Hall–Kier alpha value is -1.52. The molecular formula is C20H38NO10P. The van der Waals surface area contributed by atoms with E-state index in [9.17, 15) is 34.1 Å². The molecule has 0 saturated carbocycles. The molecule has 3 unspecified atom stereocenters. The average Bonchev–Trinajstić information content (AvgIpc) is 2.73. The van der Waals surface area contributed by atoms with E-state index in [2.05, 4.69) is 21.3 Å².